The van der Waals surface area contributed by atoms with Crippen LogP contribution in [0, 0.1) is 0 Å². The molecule has 128 valence electrons. The van der Waals surface area contributed by atoms with E-state index in [1.54, 1.807) is 6.92 Å². The molecule has 1 aromatic rings. The van der Waals surface area contributed by atoms with Gasteiger partial charge in [0.05, 0.1) is 23.6 Å². The second kappa shape index (κ2) is 7.59. The molecule has 1 aliphatic heterocycles. The quantitative estimate of drug-likeness (QED) is 0.628. The molecule has 24 heavy (non-hydrogen) atoms. The minimum Gasteiger partial charge on any atom is -0.503 e. The van der Waals surface area contributed by atoms with Crippen molar-refractivity contribution in [2.75, 3.05) is 20.3 Å². The number of carbonyl (C=O) groups excluding carboxylic acids is 3. The van der Waals surface area contributed by atoms with Gasteiger partial charge < -0.3 is 14.6 Å². The Kier molecular flexibility index (Phi) is 5.74. The van der Waals surface area contributed by atoms with Crippen molar-refractivity contribution in [3.63, 3.8) is 0 Å². The zero-order valence-corrected chi connectivity index (χ0v) is 14.4. The zero-order valence-electron chi connectivity index (χ0n) is 12.9. The Morgan fingerprint density at radius 3 is 2.75 bits per heavy atom. The van der Waals surface area contributed by atoms with E-state index in [2.05, 4.69) is 0 Å². The maximum Gasteiger partial charge on any atom is 0.326 e. The number of phenols is 1. The lowest BCUT2D eigenvalue weighted by molar-refractivity contribution is -0.145. The largest absolute Gasteiger partial charge is 0.503 e. The molecule has 1 saturated heterocycles. The molecular weight excluding hydrogens is 358 g/mol. The van der Waals surface area contributed by atoms with E-state index in [4.69, 9.17) is 21.1 Å². The Labute approximate surface area is 147 Å². The third-order valence-electron chi connectivity index (χ3n) is 3.03. The molecule has 1 fully saturated rings. The fourth-order valence-electron chi connectivity index (χ4n) is 1.96. The molecule has 0 aliphatic carbocycles. The molecule has 0 spiro atoms. The summed E-state index contributed by atoms with van der Waals surface area (Å²) in [5.41, 5.74) is 0.469. The van der Waals surface area contributed by atoms with E-state index in [9.17, 15) is 19.5 Å². The maximum absolute atomic E-state index is 12.3. The van der Waals surface area contributed by atoms with E-state index in [-0.39, 0.29) is 28.0 Å². The van der Waals surface area contributed by atoms with Crippen molar-refractivity contribution in [3.05, 3.63) is 27.6 Å². The summed E-state index contributed by atoms with van der Waals surface area (Å²) in [5.74, 6) is -1.33. The highest BCUT2D eigenvalue weighted by Crippen LogP contribution is 2.37. The van der Waals surface area contributed by atoms with Crippen LogP contribution in [0.5, 0.6) is 11.5 Å². The summed E-state index contributed by atoms with van der Waals surface area (Å²) in [4.78, 5) is 36.6. The van der Waals surface area contributed by atoms with Gasteiger partial charge in [0.1, 0.15) is 6.54 Å². The molecule has 0 radical (unpaired) electrons. The van der Waals surface area contributed by atoms with Gasteiger partial charge in [-0.25, -0.2) is 0 Å². The van der Waals surface area contributed by atoms with Crippen LogP contribution in [0.2, 0.25) is 5.02 Å². The number of aromatic hydroxyl groups is 1. The molecule has 1 heterocycles. The number of thioether (sulfide) groups is 1. The van der Waals surface area contributed by atoms with Crippen LogP contribution in [0.1, 0.15) is 12.5 Å². The van der Waals surface area contributed by atoms with Gasteiger partial charge in [0, 0.05) is 0 Å². The van der Waals surface area contributed by atoms with E-state index >= 15 is 0 Å². The van der Waals surface area contributed by atoms with Gasteiger partial charge in [0.25, 0.3) is 11.1 Å². The van der Waals surface area contributed by atoms with Crippen LogP contribution in [0.25, 0.3) is 6.08 Å². The predicted octanol–water partition coefficient (Wildman–Crippen LogP) is 2.65. The predicted molar refractivity (Wildman–Crippen MR) is 89.0 cm³/mol. The zero-order chi connectivity index (χ0) is 17.9. The van der Waals surface area contributed by atoms with Crippen molar-refractivity contribution >= 4 is 46.6 Å². The topological polar surface area (TPSA) is 93.1 Å². The van der Waals surface area contributed by atoms with Gasteiger partial charge in [-0.1, -0.05) is 11.6 Å². The summed E-state index contributed by atoms with van der Waals surface area (Å²) in [6, 6.07) is 2.90. The number of hydrogen-bond donors (Lipinski definition) is 1. The van der Waals surface area contributed by atoms with Crippen molar-refractivity contribution in [1.82, 2.24) is 4.90 Å². The molecule has 1 N–H and O–H groups in total. The number of phenolic OH excluding ortho intramolecular Hbond substituents is 1. The number of ether oxygens (including phenoxy) is 2. The second-order valence-electron chi connectivity index (χ2n) is 4.63. The van der Waals surface area contributed by atoms with E-state index in [1.165, 1.54) is 25.3 Å². The number of esters is 1. The van der Waals surface area contributed by atoms with E-state index in [1.807, 2.05) is 0 Å². The molecular formula is C15H14ClNO6S. The lowest BCUT2D eigenvalue weighted by Gasteiger charge is -2.10. The van der Waals surface area contributed by atoms with Gasteiger partial charge in [0.15, 0.2) is 11.5 Å². The van der Waals surface area contributed by atoms with Crippen molar-refractivity contribution in [2.24, 2.45) is 0 Å². The van der Waals surface area contributed by atoms with Crippen LogP contribution in [-0.2, 0) is 14.3 Å². The Bertz CT molecular complexity index is 733. The normalized spacial score (nSPS) is 16.0. The molecule has 0 saturated carbocycles. The Morgan fingerprint density at radius 1 is 1.42 bits per heavy atom. The number of methoxy groups -OCH3 is 1. The highest BCUT2D eigenvalue weighted by Gasteiger charge is 2.36. The lowest BCUT2D eigenvalue weighted by Crippen LogP contribution is -2.34. The van der Waals surface area contributed by atoms with Gasteiger partial charge in [-0.15, -0.1) is 0 Å². The fraction of sp³-hybridized carbons (Fsp3) is 0.267. The van der Waals surface area contributed by atoms with Crippen LogP contribution < -0.4 is 4.74 Å². The Hall–Kier alpha value is -2.19. The van der Waals surface area contributed by atoms with E-state index < -0.39 is 23.7 Å². The molecule has 0 bridgehead atoms. The van der Waals surface area contributed by atoms with Crippen molar-refractivity contribution < 1.29 is 29.0 Å². The Morgan fingerprint density at radius 2 is 2.12 bits per heavy atom. The molecule has 1 aliphatic rings. The van der Waals surface area contributed by atoms with E-state index in [0.29, 0.717) is 17.3 Å². The highest BCUT2D eigenvalue weighted by atomic mass is 35.5. The highest BCUT2D eigenvalue weighted by molar-refractivity contribution is 8.18. The molecule has 2 amide bonds. The molecule has 7 nitrogen and oxygen atoms in total. The molecule has 9 heteroatoms. The van der Waals surface area contributed by atoms with Gasteiger partial charge in [0.2, 0.25) is 0 Å². The standard InChI is InChI=1S/C15H14ClNO6S/c1-3-23-12(18)7-17-14(20)11(24-15(17)21)6-8-4-9(16)13(19)10(5-8)22-2/h4-6,19H,3,7H2,1-2H3/b11-6-. The molecule has 0 unspecified atom stereocenters. The minimum atomic E-state index is -0.657. The molecule has 2 rings (SSSR count). The first kappa shape index (κ1) is 18.2. The number of carbonyl (C=O) groups is 3. The maximum atomic E-state index is 12.3. The third-order valence-corrected chi connectivity index (χ3v) is 4.23. The van der Waals surface area contributed by atoms with Crippen LogP contribution in [0.15, 0.2) is 17.0 Å². The number of amides is 2. The molecule has 0 atom stereocenters. The van der Waals surface area contributed by atoms with Gasteiger partial charge in [-0.3, -0.25) is 19.3 Å². The number of benzene rings is 1. The number of nitrogens with zero attached hydrogens (tertiary/aromatic N) is 1. The van der Waals surface area contributed by atoms with E-state index in [0.717, 1.165) is 4.90 Å². The monoisotopic (exact) mass is 371 g/mol. The number of imide groups is 1. The minimum absolute atomic E-state index is 0.0475. The SMILES string of the molecule is CCOC(=O)CN1C(=O)S/C(=C\c2cc(Cl)c(O)c(OC)c2)C1=O. The van der Waals surface area contributed by atoms with Crippen molar-refractivity contribution in [2.45, 2.75) is 6.92 Å². The van der Waals surface area contributed by atoms with Gasteiger partial charge >= 0.3 is 5.97 Å². The second-order valence-corrected chi connectivity index (χ2v) is 6.03. The van der Waals surface area contributed by atoms with Crippen LogP contribution in [0.4, 0.5) is 4.79 Å². The average Bonchev–Trinajstić information content (AvgIpc) is 2.78. The smallest absolute Gasteiger partial charge is 0.326 e. The van der Waals surface area contributed by atoms with Crippen molar-refractivity contribution in [3.8, 4) is 11.5 Å². The van der Waals surface area contributed by atoms with Crippen LogP contribution in [0.3, 0.4) is 0 Å². The number of halogens is 1. The van der Waals surface area contributed by atoms with Gasteiger partial charge in [-0.2, -0.15) is 0 Å². The van der Waals surface area contributed by atoms with Crippen LogP contribution in [-0.4, -0.2) is 47.4 Å². The summed E-state index contributed by atoms with van der Waals surface area (Å²) in [7, 11) is 1.36. The van der Waals surface area contributed by atoms with Crippen molar-refractivity contribution in [1.29, 1.82) is 0 Å². The number of hydrogen-bond acceptors (Lipinski definition) is 7. The number of rotatable bonds is 5. The summed E-state index contributed by atoms with van der Waals surface area (Å²) < 4.78 is 9.72. The first-order valence-corrected chi connectivity index (χ1v) is 8.04. The Balaban J connectivity index is 2.26. The first-order valence-electron chi connectivity index (χ1n) is 6.84. The van der Waals surface area contributed by atoms with Crippen LogP contribution >= 0.6 is 23.4 Å². The fourth-order valence-corrected chi connectivity index (χ4v) is 3.01. The summed E-state index contributed by atoms with van der Waals surface area (Å²) >= 11 is 6.60. The molecule has 1 aromatic carbocycles. The summed E-state index contributed by atoms with van der Waals surface area (Å²) in [6.45, 7) is 1.36. The third kappa shape index (κ3) is 3.82. The first-order chi connectivity index (χ1) is 11.4. The lowest BCUT2D eigenvalue weighted by atomic mass is 10.2. The average molecular weight is 372 g/mol. The van der Waals surface area contributed by atoms with Gasteiger partial charge in [-0.05, 0) is 42.5 Å². The summed E-state index contributed by atoms with van der Waals surface area (Å²) in [5, 5.41) is 9.19. The molecule has 0 aromatic heterocycles. The summed E-state index contributed by atoms with van der Waals surface area (Å²) in [6.07, 6.45) is 1.43.